The summed E-state index contributed by atoms with van der Waals surface area (Å²) in [6.07, 6.45) is -3.70. The van der Waals surface area contributed by atoms with Gasteiger partial charge in [0.1, 0.15) is 23.0 Å². The molecule has 1 amide bonds. The van der Waals surface area contributed by atoms with Gasteiger partial charge < -0.3 is 14.6 Å². The molecule has 0 fully saturated rings. The van der Waals surface area contributed by atoms with E-state index in [0.29, 0.717) is 5.52 Å². The van der Waals surface area contributed by atoms with E-state index in [9.17, 15) is 31.2 Å². The first-order chi connectivity index (χ1) is 14.8. The average molecular weight is 470 g/mol. The largest absolute Gasteiger partial charge is 0.465 e. The zero-order valence-corrected chi connectivity index (χ0v) is 17.8. The van der Waals surface area contributed by atoms with Crippen LogP contribution >= 0.6 is 0 Å². The molecule has 0 aliphatic carbocycles. The van der Waals surface area contributed by atoms with E-state index in [1.54, 1.807) is 7.05 Å². The molecule has 32 heavy (non-hydrogen) atoms. The highest BCUT2D eigenvalue weighted by molar-refractivity contribution is 7.89. The van der Waals surface area contributed by atoms with Crippen LogP contribution in [0.2, 0.25) is 0 Å². The van der Waals surface area contributed by atoms with Crippen LogP contribution in [-0.4, -0.2) is 48.2 Å². The predicted molar refractivity (Wildman–Crippen MR) is 108 cm³/mol. The number of carbonyl (C=O) groups is 2. The third-order valence-corrected chi connectivity index (χ3v) is 5.21. The highest BCUT2D eigenvalue weighted by atomic mass is 32.2. The van der Waals surface area contributed by atoms with E-state index in [4.69, 9.17) is 4.74 Å². The molecule has 9 nitrogen and oxygen atoms in total. The molecule has 2 aromatic heterocycles. The Balaban J connectivity index is 2.07. The Kier molecular flexibility index (Phi) is 5.96. The highest BCUT2D eigenvalue weighted by Gasteiger charge is 2.33. The van der Waals surface area contributed by atoms with Gasteiger partial charge in [-0.2, -0.15) is 13.2 Å². The topological polar surface area (TPSA) is 120 Å². The van der Waals surface area contributed by atoms with E-state index in [-0.39, 0.29) is 28.3 Å². The summed E-state index contributed by atoms with van der Waals surface area (Å²) < 4.78 is 68.2. The molecule has 3 rings (SSSR count). The van der Waals surface area contributed by atoms with E-state index in [2.05, 4.69) is 15.3 Å². The number of rotatable bonds is 5. The molecular weight excluding hydrogens is 453 g/mol. The molecule has 0 aliphatic heterocycles. The monoisotopic (exact) mass is 470 g/mol. The van der Waals surface area contributed by atoms with Crippen molar-refractivity contribution in [3.05, 3.63) is 53.1 Å². The number of imidazole rings is 1. The standard InChI is InChI=1S/C19H17F3N4O5S/c1-26-14-8-12(25-17(27)11-5-4-6-15(23-11)19(20,21)22)10(18(28)31-2)7-13(14)24-16(26)9-32(3,29)30/h4-8H,9H2,1-3H3,(H,25,27). The molecule has 0 spiro atoms. The molecule has 0 saturated carbocycles. The fourth-order valence-corrected chi connectivity index (χ4v) is 3.67. The number of hydrogen-bond acceptors (Lipinski definition) is 7. The molecule has 2 heterocycles. The van der Waals surface area contributed by atoms with Gasteiger partial charge in [0.15, 0.2) is 9.84 Å². The normalized spacial score (nSPS) is 12.1. The molecule has 0 radical (unpaired) electrons. The number of esters is 1. The summed E-state index contributed by atoms with van der Waals surface area (Å²) in [4.78, 5) is 32.3. The van der Waals surface area contributed by atoms with E-state index in [1.807, 2.05) is 0 Å². The van der Waals surface area contributed by atoms with Crippen LogP contribution in [0.25, 0.3) is 11.0 Å². The number of fused-ring (bicyclic) bond motifs is 1. The summed E-state index contributed by atoms with van der Waals surface area (Å²) in [5, 5.41) is 2.37. The first-order valence-electron chi connectivity index (χ1n) is 8.91. The van der Waals surface area contributed by atoms with E-state index >= 15 is 0 Å². The number of benzene rings is 1. The first-order valence-corrected chi connectivity index (χ1v) is 11.0. The van der Waals surface area contributed by atoms with Crippen molar-refractivity contribution in [2.45, 2.75) is 11.9 Å². The van der Waals surface area contributed by atoms with E-state index in [0.717, 1.165) is 31.6 Å². The maximum Gasteiger partial charge on any atom is 0.433 e. The third-order valence-electron chi connectivity index (χ3n) is 4.43. The molecule has 0 bridgehead atoms. The summed E-state index contributed by atoms with van der Waals surface area (Å²) in [5.74, 6) is -1.99. The van der Waals surface area contributed by atoms with Gasteiger partial charge >= 0.3 is 12.1 Å². The van der Waals surface area contributed by atoms with Crippen molar-refractivity contribution in [2.24, 2.45) is 7.05 Å². The van der Waals surface area contributed by atoms with Gasteiger partial charge in [0.05, 0.1) is 29.4 Å². The maximum absolute atomic E-state index is 12.9. The van der Waals surface area contributed by atoms with Gasteiger partial charge in [-0.1, -0.05) is 6.07 Å². The van der Waals surface area contributed by atoms with E-state index in [1.165, 1.54) is 16.7 Å². The number of methoxy groups -OCH3 is 1. The molecule has 0 saturated heterocycles. The predicted octanol–water partition coefficient (Wildman–Crippen LogP) is 2.57. The molecular formula is C19H17F3N4O5S. The van der Waals surface area contributed by atoms with Gasteiger partial charge in [0, 0.05) is 13.3 Å². The van der Waals surface area contributed by atoms with Crippen molar-refractivity contribution in [3.63, 3.8) is 0 Å². The van der Waals surface area contributed by atoms with Crippen LogP contribution in [0.5, 0.6) is 0 Å². The van der Waals surface area contributed by atoms with Crippen molar-refractivity contribution < 1.29 is 35.9 Å². The van der Waals surface area contributed by atoms with Crippen LogP contribution in [0.4, 0.5) is 18.9 Å². The second-order valence-corrected chi connectivity index (χ2v) is 9.04. The van der Waals surface area contributed by atoms with Gasteiger partial charge in [-0.25, -0.2) is 23.2 Å². The lowest BCUT2D eigenvalue weighted by Gasteiger charge is -2.11. The summed E-state index contributed by atoms with van der Waals surface area (Å²) in [5.41, 5.74) is -1.30. The minimum Gasteiger partial charge on any atom is -0.465 e. The zero-order chi connectivity index (χ0) is 23.8. The van der Waals surface area contributed by atoms with Gasteiger partial charge in [-0.05, 0) is 24.3 Å². The average Bonchev–Trinajstić information content (AvgIpc) is 2.99. The van der Waals surface area contributed by atoms with Gasteiger partial charge in [-0.3, -0.25) is 4.79 Å². The lowest BCUT2D eigenvalue weighted by molar-refractivity contribution is -0.141. The number of halogens is 3. The van der Waals surface area contributed by atoms with Gasteiger partial charge in [-0.15, -0.1) is 0 Å². The SMILES string of the molecule is COC(=O)c1cc2nc(CS(C)(=O)=O)n(C)c2cc1NC(=O)c1cccc(C(F)(F)F)n1. The second kappa shape index (κ2) is 8.22. The van der Waals surface area contributed by atoms with E-state index < -0.39 is 39.3 Å². The molecule has 0 atom stereocenters. The lowest BCUT2D eigenvalue weighted by Crippen LogP contribution is -2.19. The Labute approximate surface area is 180 Å². The minimum atomic E-state index is -4.74. The molecule has 170 valence electrons. The van der Waals surface area contributed by atoms with Crippen LogP contribution in [0.15, 0.2) is 30.3 Å². The van der Waals surface area contributed by atoms with Crippen LogP contribution in [0, 0.1) is 0 Å². The summed E-state index contributed by atoms with van der Waals surface area (Å²) in [6.45, 7) is 0. The number of hydrogen-bond donors (Lipinski definition) is 1. The Hall–Kier alpha value is -3.48. The minimum absolute atomic E-state index is 0.0672. The van der Waals surface area contributed by atoms with Crippen molar-refractivity contribution in [3.8, 4) is 0 Å². The Morgan fingerprint density at radius 2 is 1.88 bits per heavy atom. The Morgan fingerprint density at radius 3 is 2.47 bits per heavy atom. The number of nitrogens with one attached hydrogen (secondary N) is 1. The number of aromatic nitrogens is 3. The molecule has 0 aliphatic rings. The summed E-state index contributed by atoms with van der Waals surface area (Å²) in [7, 11) is -0.744. The summed E-state index contributed by atoms with van der Waals surface area (Å²) in [6, 6.07) is 5.50. The zero-order valence-electron chi connectivity index (χ0n) is 17.0. The van der Waals surface area contributed by atoms with Gasteiger partial charge in [0.2, 0.25) is 0 Å². The fraction of sp³-hybridized carbons (Fsp3) is 0.263. The quantitative estimate of drug-likeness (QED) is 0.569. The first kappa shape index (κ1) is 23.2. The van der Waals surface area contributed by atoms with Crippen LogP contribution in [0.3, 0.4) is 0 Å². The molecule has 1 N–H and O–H groups in total. The number of sulfone groups is 1. The fourth-order valence-electron chi connectivity index (χ4n) is 2.94. The number of ether oxygens (including phenoxy) is 1. The van der Waals surface area contributed by atoms with Crippen molar-refractivity contribution in [2.75, 3.05) is 18.7 Å². The number of pyridine rings is 1. The second-order valence-electron chi connectivity index (χ2n) is 6.90. The number of aryl methyl sites for hydroxylation is 1. The number of carbonyl (C=O) groups excluding carboxylic acids is 2. The Bertz CT molecular complexity index is 1330. The number of amides is 1. The molecule has 0 unspecified atom stereocenters. The van der Waals surface area contributed by atoms with Crippen molar-refractivity contribution in [1.82, 2.24) is 14.5 Å². The van der Waals surface area contributed by atoms with Crippen LogP contribution in [0.1, 0.15) is 32.4 Å². The number of nitrogens with zero attached hydrogens (tertiary/aromatic N) is 3. The summed E-state index contributed by atoms with van der Waals surface area (Å²) >= 11 is 0. The smallest absolute Gasteiger partial charge is 0.433 e. The lowest BCUT2D eigenvalue weighted by atomic mass is 10.1. The molecule has 13 heteroatoms. The third kappa shape index (κ3) is 4.88. The number of anilines is 1. The molecule has 3 aromatic rings. The van der Waals surface area contributed by atoms with Crippen molar-refractivity contribution >= 4 is 38.4 Å². The van der Waals surface area contributed by atoms with Gasteiger partial charge in [0.25, 0.3) is 5.91 Å². The Morgan fingerprint density at radius 1 is 1.19 bits per heavy atom. The number of alkyl halides is 3. The molecule has 1 aromatic carbocycles. The van der Waals surface area contributed by atoms with Crippen molar-refractivity contribution in [1.29, 1.82) is 0 Å². The highest BCUT2D eigenvalue weighted by Crippen LogP contribution is 2.29. The van der Waals surface area contributed by atoms with Crippen LogP contribution < -0.4 is 5.32 Å². The maximum atomic E-state index is 12.9. The van der Waals surface area contributed by atoms with Crippen LogP contribution in [-0.2, 0) is 33.6 Å².